The van der Waals surface area contributed by atoms with Crippen LogP contribution in [0.2, 0.25) is 0 Å². The molecule has 8 nitrogen and oxygen atoms in total. The van der Waals surface area contributed by atoms with E-state index in [1.807, 2.05) is 0 Å². The first kappa shape index (κ1) is 12.1. The van der Waals surface area contributed by atoms with Crippen LogP contribution in [-0.4, -0.2) is 27.3 Å². The van der Waals surface area contributed by atoms with Crippen molar-refractivity contribution in [3.05, 3.63) is 16.0 Å². The molecule has 0 saturated carbocycles. The Kier molecular flexibility index (Phi) is 2.92. The second kappa shape index (κ2) is 4.12. The Balaban J connectivity index is 2.47. The number of nitrogens with zero attached hydrogens (tertiary/aromatic N) is 3. The molecule has 0 bridgehead atoms. The highest BCUT2D eigenvalue weighted by Crippen LogP contribution is 2.51. The summed E-state index contributed by atoms with van der Waals surface area (Å²) in [6.07, 6.45) is 0. The van der Waals surface area contributed by atoms with Crippen molar-refractivity contribution in [3.63, 3.8) is 0 Å². The van der Waals surface area contributed by atoms with E-state index in [9.17, 15) is 9.36 Å². The number of nitrogens with one attached hydrogen (secondary N) is 2. The van der Waals surface area contributed by atoms with E-state index in [0.29, 0.717) is 6.61 Å². The van der Waals surface area contributed by atoms with Crippen molar-refractivity contribution in [2.45, 2.75) is 26.6 Å². The van der Waals surface area contributed by atoms with Gasteiger partial charge in [0.25, 0.3) is 11.5 Å². The third kappa shape index (κ3) is 1.94. The minimum absolute atomic E-state index is 0.107. The van der Waals surface area contributed by atoms with E-state index in [1.165, 1.54) is 4.68 Å². The minimum Gasteiger partial charge on any atom is -0.312 e. The van der Waals surface area contributed by atoms with E-state index >= 15 is 0 Å². The normalized spacial score (nSPS) is 26.9. The molecule has 0 aliphatic carbocycles. The van der Waals surface area contributed by atoms with Gasteiger partial charge in [-0.1, -0.05) is 0 Å². The molecule has 2 unspecified atom stereocenters. The summed E-state index contributed by atoms with van der Waals surface area (Å²) in [5, 5.41) is 10.1. The highest BCUT2D eigenvalue weighted by Gasteiger charge is 2.37. The van der Waals surface area contributed by atoms with Crippen LogP contribution in [0, 0.1) is 6.92 Å². The molecule has 2 rings (SSSR count). The van der Waals surface area contributed by atoms with Crippen LogP contribution >= 0.6 is 7.52 Å². The highest BCUT2D eigenvalue weighted by molar-refractivity contribution is 7.61. The van der Waals surface area contributed by atoms with E-state index < -0.39 is 13.3 Å². The van der Waals surface area contributed by atoms with Crippen molar-refractivity contribution >= 4 is 13.5 Å². The van der Waals surface area contributed by atoms with E-state index in [1.54, 1.807) is 20.8 Å². The molecule has 1 aliphatic heterocycles. The fraction of sp³-hybridized carbons (Fsp3) is 0.625. The van der Waals surface area contributed by atoms with E-state index in [-0.39, 0.29) is 17.2 Å². The van der Waals surface area contributed by atoms with Gasteiger partial charge in [0.15, 0.2) is 0 Å². The molecule has 1 aromatic heterocycles. The molecule has 2 heterocycles. The minimum atomic E-state index is -3.10. The number of hydrogen-bond donors (Lipinski definition) is 2. The van der Waals surface area contributed by atoms with Gasteiger partial charge in [-0.05, 0) is 20.8 Å². The van der Waals surface area contributed by atoms with Crippen LogP contribution in [0.1, 0.15) is 19.5 Å². The molecular formula is C8H14N5O3P. The Morgan fingerprint density at radius 1 is 1.53 bits per heavy atom. The summed E-state index contributed by atoms with van der Waals surface area (Å²) in [6, 6.07) is 0. The van der Waals surface area contributed by atoms with Gasteiger partial charge in [0.1, 0.15) is 11.5 Å². The van der Waals surface area contributed by atoms with Crippen LogP contribution < -0.4 is 16.1 Å². The predicted octanol–water partition coefficient (Wildman–Crippen LogP) is 0.491. The Morgan fingerprint density at radius 3 is 2.88 bits per heavy atom. The van der Waals surface area contributed by atoms with Gasteiger partial charge in [0.2, 0.25) is 0 Å². The smallest absolute Gasteiger partial charge is 0.312 e. The maximum absolute atomic E-state index is 12.3. The van der Waals surface area contributed by atoms with E-state index in [0.717, 1.165) is 0 Å². The summed E-state index contributed by atoms with van der Waals surface area (Å²) in [5.41, 5.74) is 2.74. The van der Waals surface area contributed by atoms with Crippen LogP contribution in [0.5, 0.6) is 0 Å². The largest absolute Gasteiger partial charge is 0.319 e. The summed E-state index contributed by atoms with van der Waals surface area (Å²) < 4.78 is 18.7. The number of hydrogen-bond acceptors (Lipinski definition) is 6. The fourth-order valence-corrected chi connectivity index (χ4v) is 3.05. The Labute approximate surface area is 97.9 Å². The van der Waals surface area contributed by atoms with Gasteiger partial charge in [-0.2, -0.15) is 4.68 Å². The van der Waals surface area contributed by atoms with Gasteiger partial charge in [0.05, 0.1) is 6.61 Å². The summed E-state index contributed by atoms with van der Waals surface area (Å²) >= 11 is 0. The zero-order valence-electron chi connectivity index (χ0n) is 9.80. The quantitative estimate of drug-likeness (QED) is 0.746. The van der Waals surface area contributed by atoms with Crippen molar-refractivity contribution in [1.29, 1.82) is 0 Å². The maximum Gasteiger partial charge on any atom is 0.319 e. The van der Waals surface area contributed by atoms with E-state index in [4.69, 9.17) is 4.52 Å². The molecular weight excluding hydrogens is 245 g/mol. The van der Waals surface area contributed by atoms with Crippen molar-refractivity contribution in [1.82, 2.24) is 14.9 Å². The Bertz CT molecular complexity index is 542. The SMILES string of the molecule is CCOP1(=O)Nc2nnc(C)c(=O)n2NC1C. The first-order valence-corrected chi connectivity index (χ1v) is 6.92. The van der Waals surface area contributed by atoms with Gasteiger partial charge in [0, 0.05) is 0 Å². The molecule has 0 amide bonds. The van der Waals surface area contributed by atoms with Crippen molar-refractivity contribution < 1.29 is 9.09 Å². The van der Waals surface area contributed by atoms with Crippen molar-refractivity contribution in [2.24, 2.45) is 0 Å². The Hall–Kier alpha value is -1.40. The predicted molar refractivity (Wildman–Crippen MR) is 62.7 cm³/mol. The van der Waals surface area contributed by atoms with Gasteiger partial charge in [-0.3, -0.25) is 14.4 Å². The molecule has 1 aliphatic rings. The van der Waals surface area contributed by atoms with Crippen LogP contribution in [-0.2, 0) is 9.09 Å². The second-order valence-electron chi connectivity index (χ2n) is 3.68. The van der Waals surface area contributed by atoms with Crippen LogP contribution in [0.15, 0.2) is 4.79 Å². The molecule has 2 N–H and O–H groups in total. The molecule has 0 spiro atoms. The van der Waals surface area contributed by atoms with Gasteiger partial charge < -0.3 is 9.95 Å². The molecule has 17 heavy (non-hydrogen) atoms. The summed E-state index contributed by atoms with van der Waals surface area (Å²) in [4.78, 5) is 11.8. The third-order valence-corrected chi connectivity index (χ3v) is 4.71. The number of fused-ring (bicyclic) bond motifs is 1. The number of rotatable bonds is 2. The number of anilines is 1. The lowest BCUT2D eigenvalue weighted by molar-refractivity contribution is 0.328. The van der Waals surface area contributed by atoms with E-state index in [2.05, 4.69) is 20.7 Å². The molecule has 9 heteroatoms. The topological polar surface area (TPSA) is 98.1 Å². The van der Waals surface area contributed by atoms with Gasteiger partial charge in [-0.15, -0.1) is 10.2 Å². The average molecular weight is 259 g/mol. The molecule has 0 aromatic carbocycles. The third-order valence-electron chi connectivity index (χ3n) is 2.42. The monoisotopic (exact) mass is 259 g/mol. The lowest BCUT2D eigenvalue weighted by Crippen LogP contribution is -2.43. The molecule has 2 atom stereocenters. The second-order valence-corrected chi connectivity index (χ2v) is 6.13. The lowest BCUT2D eigenvalue weighted by Gasteiger charge is -2.32. The number of aryl methyl sites for hydroxylation is 1. The van der Waals surface area contributed by atoms with Crippen LogP contribution in [0.4, 0.5) is 5.95 Å². The zero-order chi connectivity index (χ0) is 12.6. The maximum atomic E-state index is 12.3. The van der Waals surface area contributed by atoms with Crippen molar-refractivity contribution in [3.8, 4) is 0 Å². The van der Waals surface area contributed by atoms with Crippen LogP contribution in [0.3, 0.4) is 0 Å². The molecule has 0 saturated heterocycles. The first-order valence-electron chi connectivity index (χ1n) is 5.23. The van der Waals surface area contributed by atoms with Gasteiger partial charge in [-0.25, -0.2) is 0 Å². The lowest BCUT2D eigenvalue weighted by atomic mass is 10.5. The summed E-state index contributed by atoms with van der Waals surface area (Å²) in [6.45, 7) is 5.29. The molecule has 0 fully saturated rings. The summed E-state index contributed by atoms with van der Waals surface area (Å²) in [5.74, 6) is -0.410. The molecule has 94 valence electrons. The van der Waals surface area contributed by atoms with Crippen LogP contribution in [0.25, 0.3) is 0 Å². The summed E-state index contributed by atoms with van der Waals surface area (Å²) in [7, 11) is -3.10. The highest BCUT2D eigenvalue weighted by atomic mass is 31.2. The zero-order valence-corrected chi connectivity index (χ0v) is 10.7. The van der Waals surface area contributed by atoms with Crippen molar-refractivity contribution in [2.75, 3.05) is 17.1 Å². The fourth-order valence-electron chi connectivity index (χ4n) is 1.49. The van der Waals surface area contributed by atoms with Gasteiger partial charge >= 0.3 is 7.52 Å². The number of aromatic nitrogens is 3. The molecule has 0 radical (unpaired) electrons. The first-order chi connectivity index (χ1) is 7.98. The molecule has 1 aromatic rings. The Morgan fingerprint density at radius 2 is 2.24 bits per heavy atom. The standard InChI is InChI=1S/C8H14N5O3P/c1-4-16-17(15)6(3)11-13-7(14)5(2)9-10-8(13)12-17/h6,11H,4H2,1-3H3,(H,10,12,15). The average Bonchev–Trinajstić information content (AvgIpc) is 2.27.